The molecule has 21 heavy (non-hydrogen) atoms. The van der Waals surface area contributed by atoms with E-state index in [1.807, 2.05) is 0 Å². The topological polar surface area (TPSA) is 29.5 Å². The molecule has 0 aromatic carbocycles. The van der Waals surface area contributed by atoms with Crippen LogP contribution in [0.4, 0.5) is 43.9 Å². The van der Waals surface area contributed by atoms with Crippen molar-refractivity contribution in [1.29, 1.82) is 0 Å². The summed E-state index contributed by atoms with van der Waals surface area (Å²) in [6.45, 7) is -2.49. The second-order valence-corrected chi connectivity index (χ2v) is 4.14. The third-order valence-corrected chi connectivity index (χ3v) is 2.19. The van der Waals surface area contributed by atoms with Gasteiger partial charge in [0.15, 0.2) is 0 Å². The van der Waals surface area contributed by atoms with Gasteiger partial charge in [0.2, 0.25) is 0 Å². The van der Waals surface area contributed by atoms with Crippen molar-refractivity contribution in [2.75, 3.05) is 13.2 Å². The van der Waals surface area contributed by atoms with Crippen molar-refractivity contribution in [1.82, 2.24) is 0 Å². The Morgan fingerprint density at radius 1 is 0.905 bits per heavy atom. The Bertz CT molecular complexity index is 341. The van der Waals surface area contributed by atoms with Crippen LogP contribution in [0.25, 0.3) is 0 Å². The second-order valence-electron chi connectivity index (χ2n) is 4.14. The molecule has 128 valence electrons. The predicted octanol–water partition coefficient (Wildman–Crippen LogP) is 3.19. The van der Waals surface area contributed by atoms with Crippen LogP contribution in [0.1, 0.15) is 6.92 Å². The predicted molar refractivity (Wildman–Crippen MR) is 48.3 cm³/mol. The highest BCUT2D eigenvalue weighted by molar-refractivity contribution is 5.04. The van der Waals surface area contributed by atoms with Crippen LogP contribution in [-0.4, -0.2) is 54.5 Å². The number of alkyl halides is 10. The number of rotatable bonds is 8. The van der Waals surface area contributed by atoms with E-state index < -0.39 is 49.4 Å². The fourth-order valence-electron chi connectivity index (χ4n) is 1.02. The number of ether oxygens (including phenoxy) is 1. The lowest BCUT2D eigenvalue weighted by molar-refractivity contribution is -0.388. The zero-order chi connectivity index (χ0) is 17.3. The van der Waals surface area contributed by atoms with Crippen molar-refractivity contribution >= 4 is 0 Å². The molecule has 2 nitrogen and oxygen atoms in total. The van der Waals surface area contributed by atoms with Crippen molar-refractivity contribution in [3.63, 3.8) is 0 Å². The van der Waals surface area contributed by atoms with E-state index in [1.54, 1.807) is 0 Å². The van der Waals surface area contributed by atoms with Crippen molar-refractivity contribution in [3.8, 4) is 0 Å². The molecule has 0 saturated carbocycles. The number of aliphatic hydroxyl groups excluding tert-OH is 1. The first-order valence-electron chi connectivity index (χ1n) is 5.16. The minimum atomic E-state index is -7.02. The van der Waals surface area contributed by atoms with Gasteiger partial charge in [-0.2, -0.15) is 35.1 Å². The number of hydrogen-bond acceptors (Lipinski definition) is 2. The van der Waals surface area contributed by atoms with E-state index in [9.17, 15) is 43.9 Å². The lowest BCUT2D eigenvalue weighted by Crippen LogP contribution is -2.65. The molecule has 0 bridgehead atoms. The van der Waals surface area contributed by atoms with Gasteiger partial charge in [-0.1, -0.05) is 0 Å². The summed E-state index contributed by atoms with van der Waals surface area (Å²) < 4.78 is 129. The molecule has 0 radical (unpaired) electrons. The van der Waals surface area contributed by atoms with Crippen LogP contribution < -0.4 is 0 Å². The maximum absolute atomic E-state index is 12.9. The number of aliphatic hydroxyl groups is 1. The maximum Gasteiger partial charge on any atom is 0.384 e. The summed E-state index contributed by atoms with van der Waals surface area (Å²) in [5.74, 6) is -26.4. The molecular formula is C9H10F10O2. The molecule has 0 amide bonds. The lowest BCUT2D eigenvalue weighted by atomic mass is 9.99. The first-order chi connectivity index (χ1) is 9.11. The van der Waals surface area contributed by atoms with E-state index in [4.69, 9.17) is 5.11 Å². The minimum Gasteiger partial charge on any atom is -0.391 e. The van der Waals surface area contributed by atoms with Gasteiger partial charge < -0.3 is 9.84 Å². The Kier molecular flexibility index (Phi) is 5.92. The summed E-state index contributed by atoms with van der Waals surface area (Å²) in [4.78, 5) is 0. The molecule has 0 heterocycles. The highest BCUT2D eigenvalue weighted by Gasteiger charge is 2.82. The first-order valence-corrected chi connectivity index (χ1v) is 5.16. The van der Waals surface area contributed by atoms with Gasteiger partial charge in [0, 0.05) is 0 Å². The summed E-state index contributed by atoms with van der Waals surface area (Å²) in [5.41, 5.74) is 0. The maximum atomic E-state index is 12.9. The smallest absolute Gasteiger partial charge is 0.384 e. The quantitative estimate of drug-likeness (QED) is 0.688. The van der Waals surface area contributed by atoms with Crippen molar-refractivity contribution in [2.24, 2.45) is 0 Å². The van der Waals surface area contributed by atoms with Gasteiger partial charge in [-0.05, 0) is 6.92 Å². The average Bonchev–Trinajstić information content (AvgIpc) is 2.26. The fraction of sp³-hybridized carbons (Fsp3) is 1.00. The van der Waals surface area contributed by atoms with Gasteiger partial charge in [0.1, 0.15) is 6.61 Å². The average molecular weight is 340 g/mol. The van der Waals surface area contributed by atoms with Crippen LogP contribution in [-0.2, 0) is 4.74 Å². The molecular weight excluding hydrogens is 330 g/mol. The van der Waals surface area contributed by atoms with Crippen LogP contribution in [0.3, 0.4) is 0 Å². The van der Waals surface area contributed by atoms with E-state index in [-0.39, 0.29) is 0 Å². The van der Waals surface area contributed by atoms with Gasteiger partial charge in [0.25, 0.3) is 0 Å². The number of hydrogen-bond donors (Lipinski definition) is 1. The van der Waals surface area contributed by atoms with Crippen molar-refractivity contribution in [2.45, 2.75) is 43.1 Å². The molecule has 0 aliphatic heterocycles. The first kappa shape index (κ1) is 20.2. The molecule has 12 heteroatoms. The monoisotopic (exact) mass is 340 g/mol. The molecule has 1 N–H and O–H groups in total. The highest BCUT2D eigenvalue weighted by atomic mass is 19.4. The largest absolute Gasteiger partial charge is 0.391 e. The molecule has 0 aromatic rings. The molecule has 1 atom stereocenters. The molecule has 0 fully saturated rings. The highest BCUT2D eigenvalue weighted by Crippen LogP contribution is 2.54. The standard InChI is InChI=1S/C9H10F10O2/c1-4(20)2-21-3-6(12,13)8(16,17)9(18,19)7(14,15)5(10)11/h4-5,20H,2-3H2,1H3. The van der Waals surface area contributed by atoms with Gasteiger partial charge >= 0.3 is 30.1 Å². The molecule has 0 spiro atoms. The van der Waals surface area contributed by atoms with E-state index in [0.717, 1.165) is 6.92 Å². The lowest BCUT2D eigenvalue weighted by Gasteiger charge is -2.36. The molecule has 0 aromatic heterocycles. The van der Waals surface area contributed by atoms with Crippen LogP contribution >= 0.6 is 0 Å². The van der Waals surface area contributed by atoms with E-state index in [2.05, 4.69) is 4.74 Å². The molecule has 0 aliphatic rings. The molecule has 0 saturated heterocycles. The Hall–Kier alpha value is -0.780. The van der Waals surface area contributed by atoms with E-state index >= 15 is 0 Å². The van der Waals surface area contributed by atoms with Crippen LogP contribution in [0.5, 0.6) is 0 Å². The van der Waals surface area contributed by atoms with Gasteiger partial charge in [0.05, 0.1) is 12.7 Å². The minimum absolute atomic E-state index is 0.968. The third-order valence-electron chi connectivity index (χ3n) is 2.19. The Balaban J connectivity index is 5.32. The van der Waals surface area contributed by atoms with Gasteiger partial charge in [-0.15, -0.1) is 0 Å². The zero-order valence-corrected chi connectivity index (χ0v) is 10.2. The summed E-state index contributed by atoms with van der Waals surface area (Å²) in [6, 6.07) is 0. The third kappa shape index (κ3) is 3.71. The molecule has 1 unspecified atom stereocenters. The van der Waals surface area contributed by atoms with Gasteiger partial charge in [-0.25, -0.2) is 8.78 Å². The van der Waals surface area contributed by atoms with Gasteiger partial charge in [-0.3, -0.25) is 0 Å². The summed E-state index contributed by atoms with van der Waals surface area (Å²) >= 11 is 0. The van der Waals surface area contributed by atoms with Crippen LogP contribution in [0.2, 0.25) is 0 Å². The Morgan fingerprint density at radius 2 is 1.33 bits per heavy atom. The molecule has 0 rings (SSSR count). The summed E-state index contributed by atoms with van der Waals surface area (Å²) in [6.07, 6.45) is -6.72. The van der Waals surface area contributed by atoms with E-state index in [1.165, 1.54) is 0 Å². The summed E-state index contributed by atoms with van der Waals surface area (Å²) in [7, 11) is 0. The molecule has 0 aliphatic carbocycles. The van der Waals surface area contributed by atoms with E-state index in [0.29, 0.717) is 0 Å². The Labute approximate surface area is 111 Å². The zero-order valence-electron chi connectivity index (χ0n) is 10.2. The number of halogens is 10. The van der Waals surface area contributed by atoms with Crippen LogP contribution in [0, 0.1) is 0 Å². The summed E-state index contributed by atoms with van der Waals surface area (Å²) in [5, 5.41) is 8.59. The van der Waals surface area contributed by atoms with Crippen LogP contribution in [0.15, 0.2) is 0 Å². The fourth-order valence-corrected chi connectivity index (χ4v) is 1.02. The normalized spacial score (nSPS) is 16.4. The van der Waals surface area contributed by atoms with Crippen molar-refractivity contribution in [3.05, 3.63) is 0 Å². The second kappa shape index (κ2) is 6.15. The Morgan fingerprint density at radius 3 is 1.67 bits per heavy atom. The SMILES string of the molecule is CC(O)COCC(F)(F)C(F)(F)C(F)(F)C(F)(F)C(F)F. The van der Waals surface area contributed by atoms with Crippen molar-refractivity contribution < 1.29 is 53.7 Å².